The Labute approximate surface area is 120 Å². The normalized spacial score (nSPS) is 20.4. The van der Waals surface area contributed by atoms with Gasteiger partial charge in [-0.2, -0.15) is 0 Å². The Morgan fingerprint density at radius 2 is 2.15 bits per heavy atom. The summed E-state index contributed by atoms with van der Waals surface area (Å²) in [5, 5.41) is 6.19. The molecule has 2 N–H and O–H groups in total. The van der Waals surface area contributed by atoms with Crippen molar-refractivity contribution in [2.24, 2.45) is 5.92 Å². The molecule has 1 fully saturated rings. The number of nitrogens with one attached hydrogen (secondary N) is 2. The van der Waals surface area contributed by atoms with E-state index in [4.69, 9.17) is 4.74 Å². The number of amides is 1. The van der Waals surface area contributed by atoms with Crippen LogP contribution in [-0.4, -0.2) is 31.7 Å². The smallest absolute Gasteiger partial charge is 0.238 e. The molecule has 0 bridgehead atoms. The van der Waals surface area contributed by atoms with Gasteiger partial charge in [-0.05, 0) is 44.7 Å². The van der Waals surface area contributed by atoms with E-state index in [9.17, 15) is 4.79 Å². The van der Waals surface area contributed by atoms with E-state index in [-0.39, 0.29) is 5.91 Å². The molecule has 0 unspecified atom stereocenters. The predicted octanol–water partition coefficient (Wildman–Crippen LogP) is 2.34. The maximum absolute atomic E-state index is 11.9. The van der Waals surface area contributed by atoms with E-state index in [2.05, 4.69) is 17.6 Å². The maximum Gasteiger partial charge on any atom is 0.238 e. The highest BCUT2D eigenvalue weighted by Crippen LogP contribution is 2.17. The van der Waals surface area contributed by atoms with Crippen LogP contribution in [0.1, 0.15) is 25.3 Å². The summed E-state index contributed by atoms with van der Waals surface area (Å²) in [6.45, 7) is 6.16. The molecule has 1 amide bonds. The second-order valence-corrected chi connectivity index (χ2v) is 5.56. The molecule has 0 radical (unpaired) electrons. The van der Waals surface area contributed by atoms with Gasteiger partial charge in [0.15, 0.2) is 0 Å². The van der Waals surface area contributed by atoms with Gasteiger partial charge >= 0.3 is 0 Å². The van der Waals surface area contributed by atoms with Gasteiger partial charge in [-0.25, -0.2) is 0 Å². The van der Waals surface area contributed by atoms with Crippen LogP contribution in [-0.2, 0) is 9.53 Å². The van der Waals surface area contributed by atoms with Gasteiger partial charge in [-0.1, -0.05) is 17.7 Å². The lowest BCUT2D eigenvalue weighted by atomic mass is 9.95. The Bertz CT molecular complexity index is 425. The number of ether oxygens (including phenoxy) is 1. The third-order valence-electron chi connectivity index (χ3n) is 3.82. The zero-order valence-corrected chi connectivity index (χ0v) is 12.3. The van der Waals surface area contributed by atoms with E-state index < -0.39 is 0 Å². The van der Waals surface area contributed by atoms with Crippen molar-refractivity contribution in [3.63, 3.8) is 0 Å². The summed E-state index contributed by atoms with van der Waals surface area (Å²) in [4.78, 5) is 11.9. The molecule has 110 valence electrons. The number of anilines is 1. The summed E-state index contributed by atoms with van der Waals surface area (Å²) in [7, 11) is 0. The SMILES string of the molecule is Cc1ccc(NC(=O)CN[C@@H](C)[C@H]2CCCOC2)cc1. The molecule has 0 aliphatic carbocycles. The first-order valence-electron chi connectivity index (χ1n) is 7.33. The molecule has 1 saturated heterocycles. The van der Waals surface area contributed by atoms with E-state index in [0.717, 1.165) is 25.3 Å². The van der Waals surface area contributed by atoms with Crippen molar-refractivity contribution < 1.29 is 9.53 Å². The van der Waals surface area contributed by atoms with E-state index >= 15 is 0 Å². The number of rotatable bonds is 5. The zero-order chi connectivity index (χ0) is 14.4. The van der Waals surface area contributed by atoms with Crippen molar-refractivity contribution in [3.05, 3.63) is 29.8 Å². The van der Waals surface area contributed by atoms with Crippen LogP contribution in [0.4, 0.5) is 5.69 Å². The lowest BCUT2D eigenvalue weighted by Gasteiger charge is -2.28. The average Bonchev–Trinajstić information content (AvgIpc) is 2.48. The van der Waals surface area contributed by atoms with E-state index in [1.807, 2.05) is 31.2 Å². The van der Waals surface area contributed by atoms with Gasteiger partial charge in [-0.3, -0.25) is 4.79 Å². The number of hydrogen-bond donors (Lipinski definition) is 2. The first kappa shape index (κ1) is 15.0. The van der Waals surface area contributed by atoms with Crippen LogP contribution in [0.2, 0.25) is 0 Å². The second kappa shape index (κ2) is 7.41. The zero-order valence-electron chi connectivity index (χ0n) is 12.3. The molecule has 2 atom stereocenters. The minimum Gasteiger partial charge on any atom is -0.381 e. The first-order valence-corrected chi connectivity index (χ1v) is 7.33. The topological polar surface area (TPSA) is 50.4 Å². The van der Waals surface area contributed by atoms with Gasteiger partial charge in [0, 0.05) is 18.3 Å². The molecule has 1 aromatic rings. The third kappa shape index (κ3) is 4.62. The van der Waals surface area contributed by atoms with Gasteiger partial charge in [0.1, 0.15) is 0 Å². The molecule has 0 aromatic heterocycles. The van der Waals surface area contributed by atoms with Gasteiger partial charge in [0.25, 0.3) is 0 Å². The summed E-state index contributed by atoms with van der Waals surface area (Å²) < 4.78 is 5.48. The van der Waals surface area contributed by atoms with Crippen LogP contribution in [0.15, 0.2) is 24.3 Å². The van der Waals surface area contributed by atoms with Crippen LogP contribution in [0.25, 0.3) is 0 Å². The largest absolute Gasteiger partial charge is 0.381 e. The summed E-state index contributed by atoms with van der Waals surface area (Å²) in [6.07, 6.45) is 2.29. The fraction of sp³-hybridized carbons (Fsp3) is 0.562. The molecule has 2 rings (SSSR count). The number of hydrogen-bond acceptors (Lipinski definition) is 3. The van der Waals surface area contributed by atoms with Gasteiger partial charge < -0.3 is 15.4 Å². The van der Waals surface area contributed by atoms with Crippen LogP contribution in [0.3, 0.4) is 0 Å². The number of carbonyl (C=O) groups excluding carboxylic acids is 1. The quantitative estimate of drug-likeness (QED) is 0.868. The highest BCUT2D eigenvalue weighted by molar-refractivity contribution is 5.92. The van der Waals surface area contributed by atoms with Crippen LogP contribution in [0, 0.1) is 12.8 Å². The van der Waals surface area contributed by atoms with Crippen molar-refractivity contribution in [1.82, 2.24) is 5.32 Å². The van der Waals surface area contributed by atoms with E-state index in [1.165, 1.54) is 12.0 Å². The van der Waals surface area contributed by atoms with Gasteiger partial charge in [-0.15, -0.1) is 0 Å². The molecular weight excluding hydrogens is 252 g/mol. The Morgan fingerprint density at radius 3 is 2.80 bits per heavy atom. The number of benzene rings is 1. The molecule has 20 heavy (non-hydrogen) atoms. The third-order valence-corrected chi connectivity index (χ3v) is 3.82. The highest BCUT2D eigenvalue weighted by Gasteiger charge is 2.20. The van der Waals surface area contributed by atoms with Crippen molar-refractivity contribution in [1.29, 1.82) is 0 Å². The lowest BCUT2D eigenvalue weighted by Crippen LogP contribution is -2.41. The highest BCUT2D eigenvalue weighted by atomic mass is 16.5. The minimum absolute atomic E-state index is 0.00238. The lowest BCUT2D eigenvalue weighted by molar-refractivity contribution is -0.115. The Hall–Kier alpha value is -1.39. The molecular formula is C16H24N2O2. The molecule has 4 heteroatoms. The molecule has 1 aliphatic rings. The van der Waals surface area contributed by atoms with E-state index in [0.29, 0.717) is 18.5 Å². The standard InChI is InChI=1S/C16H24N2O2/c1-12-5-7-15(8-6-12)18-16(19)10-17-13(2)14-4-3-9-20-11-14/h5-8,13-14,17H,3-4,9-11H2,1-2H3,(H,18,19)/t13-,14-/m0/s1. The Kier molecular flexibility index (Phi) is 5.56. The molecule has 1 aliphatic heterocycles. The van der Waals surface area contributed by atoms with Crippen molar-refractivity contribution in [2.75, 3.05) is 25.1 Å². The molecule has 1 aromatic carbocycles. The molecule has 1 heterocycles. The summed E-state index contributed by atoms with van der Waals surface area (Å²) in [6, 6.07) is 8.13. The molecule has 0 saturated carbocycles. The fourth-order valence-corrected chi connectivity index (χ4v) is 2.42. The van der Waals surface area contributed by atoms with E-state index in [1.54, 1.807) is 0 Å². The monoisotopic (exact) mass is 276 g/mol. The molecule has 4 nitrogen and oxygen atoms in total. The average molecular weight is 276 g/mol. The summed E-state index contributed by atoms with van der Waals surface area (Å²) in [5.41, 5.74) is 2.03. The predicted molar refractivity (Wildman–Crippen MR) is 80.8 cm³/mol. The van der Waals surface area contributed by atoms with Crippen LogP contribution >= 0.6 is 0 Å². The Morgan fingerprint density at radius 1 is 1.40 bits per heavy atom. The van der Waals surface area contributed by atoms with Crippen molar-refractivity contribution in [2.45, 2.75) is 32.7 Å². The summed E-state index contributed by atoms with van der Waals surface area (Å²) in [5.74, 6) is 0.508. The minimum atomic E-state index is -0.00238. The summed E-state index contributed by atoms with van der Waals surface area (Å²) >= 11 is 0. The van der Waals surface area contributed by atoms with Crippen molar-refractivity contribution >= 4 is 11.6 Å². The maximum atomic E-state index is 11.9. The molecule has 0 spiro atoms. The van der Waals surface area contributed by atoms with Crippen LogP contribution < -0.4 is 10.6 Å². The van der Waals surface area contributed by atoms with Gasteiger partial charge in [0.2, 0.25) is 5.91 Å². The first-order chi connectivity index (χ1) is 9.65. The fourth-order valence-electron chi connectivity index (χ4n) is 2.42. The van der Waals surface area contributed by atoms with Crippen molar-refractivity contribution in [3.8, 4) is 0 Å². The van der Waals surface area contributed by atoms with Crippen LogP contribution in [0.5, 0.6) is 0 Å². The second-order valence-electron chi connectivity index (χ2n) is 5.56. The van der Waals surface area contributed by atoms with Gasteiger partial charge in [0.05, 0.1) is 13.2 Å². The number of aryl methyl sites for hydroxylation is 1. The Balaban J connectivity index is 1.72. The number of carbonyl (C=O) groups is 1.